The molecule has 9 heteroatoms. The molecule has 7 nitrogen and oxygen atoms in total. The molecular formula is C19H16ClFN4O3. The quantitative estimate of drug-likeness (QED) is 0.703. The van der Waals surface area contributed by atoms with Crippen molar-refractivity contribution in [1.29, 1.82) is 0 Å². The summed E-state index contributed by atoms with van der Waals surface area (Å²) in [5.41, 5.74) is 6.26. The van der Waals surface area contributed by atoms with E-state index in [1.807, 2.05) is 6.07 Å². The van der Waals surface area contributed by atoms with Gasteiger partial charge in [-0.2, -0.15) is 0 Å². The Hall–Kier alpha value is -3.13. The number of hydrogen-bond donors (Lipinski definition) is 2. The number of fused-ring (bicyclic) bond motifs is 2. The van der Waals surface area contributed by atoms with Crippen LogP contribution < -0.4 is 15.8 Å². The van der Waals surface area contributed by atoms with Gasteiger partial charge in [0.05, 0.1) is 12.6 Å². The van der Waals surface area contributed by atoms with Crippen molar-refractivity contribution < 1.29 is 18.7 Å². The van der Waals surface area contributed by atoms with Gasteiger partial charge in [-0.25, -0.2) is 9.37 Å². The van der Waals surface area contributed by atoms with Crippen LogP contribution in [0, 0.1) is 5.82 Å². The van der Waals surface area contributed by atoms with Gasteiger partial charge in [-0.1, -0.05) is 17.7 Å². The summed E-state index contributed by atoms with van der Waals surface area (Å²) < 4.78 is 21.6. The number of hydrogen-bond acceptors (Lipinski definition) is 4. The standard InChI is InChI=1S/C19H16ClFN4O3/c1-25-13-7-10(20)3-2-9(13)6-14(25)19(27)24-12-4-5-28-17-11(12)8-23-16(15(17)21)18(22)26/h2-3,6-8,12H,4-5H2,1H3,(H2,22,26)(H,24,27). The molecule has 3 aromatic rings. The van der Waals surface area contributed by atoms with E-state index in [0.717, 1.165) is 10.9 Å². The van der Waals surface area contributed by atoms with Crippen LogP contribution >= 0.6 is 11.6 Å². The lowest BCUT2D eigenvalue weighted by molar-refractivity contribution is 0.0912. The van der Waals surface area contributed by atoms with Crippen LogP contribution in [0.15, 0.2) is 30.5 Å². The molecule has 1 aliphatic rings. The first-order valence-electron chi connectivity index (χ1n) is 8.53. The molecule has 2 aromatic heterocycles. The number of carbonyl (C=O) groups excluding carboxylic acids is 2. The van der Waals surface area contributed by atoms with E-state index in [9.17, 15) is 14.0 Å². The summed E-state index contributed by atoms with van der Waals surface area (Å²) in [6.07, 6.45) is 1.75. The Kier molecular flexibility index (Phi) is 4.43. The first kappa shape index (κ1) is 18.2. The first-order chi connectivity index (χ1) is 13.4. The molecule has 144 valence electrons. The number of nitrogens with one attached hydrogen (secondary N) is 1. The smallest absolute Gasteiger partial charge is 0.270 e. The molecule has 1 aromatic carbocycles. The number of benzene rings is 1. The molecule has 3 N–H and O–H groups in total. The fourth-order valence-corrected chi connectivity index (χ4v) is 3.55. The van der Waals surface area contributed by atoms with E-state index in [2.05, 4.69) is 10.3 Å². The van der Waals surface area contributed by atoms with Gasteiger partial charge in [0.1, 0.15) is 5.69 Å². The summed E-state index contributed by atoms with van der Waals surface area (Å²) in [4.78, 5) is 27.9. The minimum absolute atomic E-state index is 0.107. The molecule has 2 amide bonds. The van der Waals surface area contributed by atoms with E-state index in [4.69, 9.17) is 22.1 Å². The lowest BCUT2D eigenvalue weighted by Gasteiger charge is -2.27. The highest BCUT2D eigenvalue weighted by atomic mass is 35.5. The van der Waals surface area contributed by atoms with Gasteiger partial charge in [0, 0.05) is 41.2 Å². The lowest BCUT2D eigenvalue weighted by Crippen LogP contribution is -2.34. The van der Waals surface area contributed by atoms with E-state index >= 15 is 0 Å². The van der Waals surface area contributed by atoms with Crippen LogP contribution in [0.25, 0.3) is 10.9 Å². The SMILES string of the molecule is Cn1c(C(=O)NC2CCOc3c2cnc(C(N)=O)c3F)cc2ccc(Cl)cc21. The molecule has 3 heterocycles. The molecule has 28 heavy (non-hydrogen) atoms. The first-order valence-corrected chi connectivity index (χ1v) is 8.91. The van der Waals surface area contributed by atoms with Crippen molar-refractivity contribution in [3.05, 3.63) is 58.3 Å². The van der Waals surface area contributed by atoms with E-state index in [-0.39, 0.29) is 18.3 Å². The minimum Gasteiger partial charge on any atom is -0.490 e. The Morgan fingerprint density at radius 3 is 2.93 bits per heavy atom. The van der Waals surface area contributed by atoms with Crippen molar-refractivity contribution >= 4 is 34.3 Å². The van der Waals surface area contributed by atoms with Gasteiger partial charge in [-0.15, -0.1) is 0 Å². The fraction of sp³-hybridized carbons (Fsp3) is 0.211. The zero-order valence-electron chi connectivity index (χ0n) is 14.8. The molecule has 1 unspecified atom stereocenters. The molecule has 0 radical (unpaired) electrons. The summed E-state index contributed by atoms with van der Waals surface area (Å²) in [5.74, 6) is -2.33. The minimum atomic E-state index is -0.982. The van der Waals surface area contributed by atoms with Crippen molar-refractivity contribution in [1.82, 2.24) is 14.9 Å². The molecule has 0 aliphatic carbocycles. The molecule has 0 saturated carbocycles. The van der Waals surface area contributed by atoms with Crippen molar-refractivity contribution in [2.75, 3.05) is 6.61 Å². The number of halogens is 2. The second-order valence-electron chi connectivity index (χ2n) is 6.52. The second kappa shape index (κ2) is 6.79. The summed E-state index contributed by atoms with van der Waals surface area (Å²) in [6, 6.07) is 6.62. The summed E-state index contributed by atoms with van der Waals surface area (Å²) in [6.45, 7) is 0.182. The summed E-state index contributed by atoms with van der Waals surface area (Å²) in [5, 5.41) is 4.34. The maximum Gasteiger partial charge on any atom is 0.270 e. The second-order valence-corrected chi connectivity index (χ2v) is 6.96. The number of pyridine rings is 1. The number of nitrogens with two attached hydrogens (primary N) is 1. The van der Waals surface area contributed by atoms with Crippen molar-refractivity contribution in [3.8, 4) is 5.75 Å². The molecule has 0 fully saturated rings. The Balaban J connectivity index is 1.66. The van der Waals surface area contributed by atoms with Gasteiger partial charge in [-0.3, -0.25) is 9.59 Å². The van der Waals surface area contributed by atoms with E-state index in [1.54, 1.807) is 29.8 Å². The number of rotatable bonds is 3. The molecule has 0 bridgehead atoms. The van der Waals surface area contributed by atoms with Crippen molar-refractivity contribution in [2.45, 2.75) is 12.5 Å². The fourth-order valence-electron chi connectivity index (χ4n) is 3.39. The van der Waals surface area contributed by atoms with Crippen LogP contribution in [-0.4, -0.2) is 28.0 Å². The zero-order chi connectivity index (χ0) is 20.0. The van der Waals surface area contributed by atoms with Gasteiger partial charge in [0.15, 0.2) is 17.3 Å². The number of amides is 2. The van der Waals surface area contributed by atoms with Gasteiger partial charge >= 0.3 is 0 Å². The molecule has 0 saturated heterocycles. The third-order valence-electron chi connectivity index (χ3n) is 4.81. The number of aryl methyl sites for hydroxylation is 1. The van der Waals surface area contributed by atoms with Crippen LogP contribution in [0.1, 0.15) is 39.0 Å². The lowest BCUT2D eigenvalue weighted by atomic mass is 10.0. The van der Waals surface area contributed by atoms with E-state index < -0.39 is 23.5 Å². The van der Waals surface area contributed by atoms with Crippen molar-refractivity contribution in [3.63, 3.8) is 0 Å². The highest BCUT2D eigenvalue weighted by molar-refractivity contribution is 6.31. The Morgan fingerprint density at radius 2 is 2.18 bits per heavy atom. The highest BCUT2D eigenvalue weighted by Gasteiger charge is 2.30. The predicted octanol–water partition coefficient (Wildman–Crippen LogP) is 2.72. The van der Waals surface area contributed by atoms with Gasteiger partial charge in [-0.05, 0) is 18.2 Å². The number of carbonyl (C=O) groups is 2. The third-order valence-corrected chi connectivity index (χ3v) is 5.04. The molecule has 4 rings (SSSR count). The summed E-state index contributed by atoms with van der Waals surface area (Å²) >= 11 is 6.04. The average Bonchev–Trinajstić information content (AvgIpc) is 2.98. The Bertz CT molecular complexity index is 1130. The van der Waals surface area contributed by atoms with Crippen LogP contribution in [0.4, 0.5) is 4.39 Å². The molecule has 0 spiro atoms. The maximum atomic E-state index is 14.5. The third kappa shape index (κ3) is 2.95. The zero-order valence-corrected chi connectivity index (χ0v) is 15.6. The normalized spacial score (nSPS) is 15.8. The molecule has 1 aliphatic heterocycles. The van der Waals surface area contributed by atoms with Crippen molar-refractivity contribution in [2.24, 2.45) is 12.8 Å². The Labute approximate surface area is 164 Å². The number of nitrogens with zero attached hydrogens (tertiary/aromatic N) is 2. The predicted molar refractivity (Wildman–Crippen MR) is 101 cm³/mol. The number of aromatic nitrogens is 2. The number of ether oxygens (including phenoxy) is 1. The van der Waals surface area contributed by atoms with Crippen LogP contribution in [0.3, 0.4) is 0 Å². The van der Waals surface area contributed by atoms with E-state index in [1.165, 1.54) is 6.20 Å². The van der Waals surface area contributed by atoms with Crippen LogP contribution in [-0.2, 0) is 7.05 Å². The average molecular weight is 403 g/mol. The number of primary amides is 1. The van der Waals surface area contributed by atoms with Gasteiger partial charge < -0.3 is 20.4 Å². The van der Waals surface area contributed by atoms with Gasteiger partial charge in [0.2, 0.25) is 0 Å². The topological polar surface area (TPSA) is 99.2 Å². The highest BCUT2D eigenvalue weighted by Crippen LogP contribution is 2.35. The monoisotopic (exact) mass is 402 g/mol. The largest absolute Gasteiger partial charge is 0.490 e. The molecule has 1 atom stereocenters. The Morgan fingerprint density at radius 1 is 1.39 bits per heavy atom. The van der Waals surface area contributed by atoms with Crippen LogP contribution in [0.2, 0.25) is 5.02 Å². The van der Waals surface area contributed by atoms with Gasteiger partial charge in [0.25, 0.3) is 11.8 Å². The van der Waals surface area contributed by atoms with E-state index in [0.29, 0.717) is 22.7 Å². The summed E-state index contributed by atoms with van der Waals surface area (Å²) in [7, 11) is 1.77. The molecular weight excluding hydrogens is 387 g/mol. The maximum absolute atomic E-state index is 14.5. The van der Waals surface area contributed by atoms with Crippen LogP contribution in [0.5, 0.6) is 5.75 Å².